The van der Waals surface area contributed by atoms with E-state index in [-0.39, 0.29) is 5.78 Å². The van der Waals surface area contributed by atoms with E-state index < -0.39 is 0 Å². The first-order valence-electron chi connectivity index (χ1n) is 6.92. The van der Waals surface area contributed by atoms with Crippen molar-refractivity contribution in [1.82, 2.24) is 15.3 Å². The van der Waals surface area contributed by atoms with Crippen molar-refractivity contribution >= 4 is 16.8 Å². The number of nitrogens with one attached hydrogen (secondary N) is 2. The molecule has 4 nitrogen and oxygen atoms in total. The predicted molar refractivity (Wildman–Crippen MR) is 75.4 cm³/mol. The molecule has 0 radical (unpaired) electrons. The van der Waals surface area contributed by atoms with E-state index in [9.17, 15) is 4.79 Å². The monoisotopic (exact) mass is 257 g/mol. The first kappa shape index (κ1) is 12.4. The summed E-state index contributed by atoms with van der Waals surface area (Å²) in [6.07, 6.45) is 2.88. The highest BCUT2D eigenvalue weighted by atomic mass is 16.1. The van der Waals surface area contributed by atoms with Gasteiger partial charge in [0.1, 0.15) is 5.82 Å². The average Bonchev–Trinajstić information content (AvgIpc) is 2.78. The lowest BCUT2D eigenvalue weighted by Crippen LogP contribution is -2.28. The van der Waals surface area contributed by atoms with Gasteiger partial charge in [0.2, 0.25) is 0 Å². The molecule has 1 fully saturated rings. The smallest absolute Gasteiger partial charge is 0.163 e. The second kappa shape index (κ2) is 5.13. The molecule has 1 aromatic heterocycles. The molecule has 1 saturated heterocycles. The molecule has 2 aromatic rings. The number of aromatic nitrogens is 2. The fourth-order valence-corrected chi connectivity index (χ4v) is 2.78. The van der Waals surface area contributed by atoms with E-state index in [4.69, 9.17) is 0 Å². The van der Waals surface area contributed by atoms with Gasteiger partial charge in [-0.05, 0) is 57.0 Å². The Morgan fingerprint density at radius 3 is 2.95 bits per heavy atom. The van der Waals surface area contributed by atoms with Crippen LogP contribution in [0.3, 0.4) is 0 Å². The Balaban J connectivity index is 1.76. The minimum absolute atomic E-state index is 0.251. The Morgan fingerprint density at radius 1 is 1.37 bits per heavy atom. The van der Waals surface area contributed by atoms with Gasteiger partial charge < -0.3 is 10.3 Å². The number of benzene rings is 1. The third-order valence-electron chi connectivity index (χ3n) is 3.86. The number of rotatable bonds is 3. The van der Waals surface area contributed by atoms with Gasteiger partial charge in [-0.15, -0.1) is 0 Å². The number of aryl methyl sites for hydroxylation is 1. The van der Waals surface area contributed by atoms with E-state index in [1.54, 1.807) is 0 Å². The summed E-state index contributed by atoms with van der Waals surface area (Å²) in [5.41, 5.74) is 2.68. The number of hydrogen-bond acceptors (Lipinski definition) is 3. The highest BCUT2D eigenvalue weighted by molar-refractivity contribution is 5.99. The van der Waals surface area contributed by atoms with E-state index >= 15 is 0 Å². The second-order valence-corrected chi connectivity index (χ2v) is 5.37. The first-order valence-corrected chi connectivity index (χ1v) is 6.92. The molecular weight excluding hydrogens is 238 g/mol. The fraction of sp³-hybridized carbons (Fsp3) is 0.467. The number of carbonyl (C=O) groups excluding carboxylic acids is 1. The molecule has 100 valence electrons. The molecular formula is C15H19N3O. The van der Waals surface area contributed by atoms with Crippen LogP contribution >= 0.6 is 0 Å². The van der Waals surface area contributed by atoms with Crippen LogP contribution in [0.2, 0.25) is 0 Å². The molecule has 0 spiro atoms. The minimum atomic E-state index is 0.251. The highest BCUT2D eigenvalue weighted by Crippen LogP contribution is 2.20. The van der Waals surface area contributed by atoms with Gasteiger partial charge >= 0.3 is 0 Å². The molecule has 0 bridgehead atoms. The zero-order valence-corrected chi connectivity index (χ0v) is 11.2. The van der Waals surface area contributed by atoms with Crippen LogP contribution in [0.15, 0.2) is 18.2 Å². The van der Waals surface area contributed by atoms with Gasteiger partial charge in [-0.25, -0.2) is 4.98 Å². The van der Waals surface area contributed by atoms with E-state index in [0.717, 1.165) is 48.4 Å². The number of H-pyrrole nitrogens is 1. The molecule has 4 heteroatoms. The number of aromatic amines is 1. The lowest BCUT2D eigenvalue weighted by atomic mass is 9.90. The largest absolute Gasteiger partial charge is 0.342 e. The van der Waals surface area contributed by atoms with Crippen molar-refractivity contribution in [3.8, 4) is 0 Å². The minimum Gasteiger partial charge on any atom is -0.342 e. The number of Topliss-reactive ketones (excluding diaryl/α,β-unsaturated/α-hetero) is 1. The van der Waals surface area contributed by atoms with Crippen LogP contribution in [0.4, 0.5) is 0 Å². The topological polar surface area (TPSA) is 57.8 Å². The van der Waals surface area contributed by atoms with Crippen molar-refractivity contribution in [1.29, 1.82) is 0 Å². The maximum Gasteiger partial charge on any atom is 0.163 e. The van der Waals surface area contributed by atoms with Crippen molar-refractivity contribution < 1.29 is 4.79 Å². The zero-order valence-electron chi connectivity index (χ0n) is 11.2. The zero-order chi connectivity index (χ0) is 13.2. The number of carbonyl (C=O) groups is 1. The Kier molecular flexibility index (Phi) is 3.34. The average molecular weight is 257 g/mol. The second-order valence-electron chi connectivity index (χ2n) is 5.37. The summed E-state index contributed by atoms with van der Waals surface area (Å²) in [4.78, 5) is 19.8. The summed E-state index contributed by atoms with van der Waals surface area (Å²) in [6.45, 7) is 4.00. The quantitative estimate of drug-likeness (QED) is 0.830. The molecule has 19 heavy (non-hydrogen) atoms. The SMILES string of the molecule is Cc1nc2ccc(C(=O)CC3CCNCC3)cc2[nH]1. The number of hydrogen-bond donors (Lipinski definition) is 2. The summed E-state index contributed by atoms with van der Waals surface area (Å²) in [7, 11) is 0. The van der Waals surface area contributed by atoms with E-state index in [1.165, 1.54) is 0 Å². The van der Waals surface area contributed by atoms with Crippen LogP contribution in [-0.2, 0) is 0 Å². The molecule has 0 aliphatic carbocycles. The van der Waals surface area contributed by atoms with Gasteiger partial charge in [0.05, 0.1) is 11.0 Å². The number of piperidine rings is 1. The molecule has 1 aliphatic heterocycles. The molecule has 0 amide bonds. The third kappa shape index (κ3) is 2.68. The summed E-state index contributed by atoms with van der Waals surface area (Å²) in [5, 5.41) is 3.33. The molecule has 2 N–H and O–H groups in total. The number of imidazole rings is 1. The lowest BCUT2D eigenvalue weighted by molar-refractivity contribution is 0.0952. The highest BCUT2D eigenvalue weighted by Gasteiger charge is 2.18. The molecule has 1 aliphatic rings. The van der Waals surface area contributed by atoms with Crippen molar-refractivity contribution in [2.24, 2.45) is 5.92 Å². The molecule has 2 heterocycles. The molecule has 3 rings (SSSR count). The molecule has 0 atom stereocenters. The maximum atomic E-state index is 12.3. The maximum absolute atomic E-state index is 12.3. The van der Waals surface area contributed by atoms with Crippen LogP contribution in [0.1, 0.15) is 35.4 Å². The predicted octanol–water partition coefficient (Wildman–Crippen LogP) is 2.44. The van der Waals surface area contributed by atoms with Gasteiger partial charge in [0.15, 0.2) is 5.78 Å². The normalized spacial score (nSPS) is 16.9. The summed E-state index contributed by atoms with van der Waals surface area (Å²) in [5.74, 6) is 1.67. The summed E-state index contributed by atoms with van der Waals surface area (Å²) < 4.78 is 0. The lowest BCUT2D eigenvalue weighted by Gasteiger charge is -2.21. The van der Waals surface area contributed by atoms with Gasteiger partial charge in [-0.3, -0.25) is 4.79 Å². The number of nitrogens with zero attached hydrogens (tertiary/aromatic N) is 1. The standard InChI is InChI=1S/C15H19N3O/c1-10-17-13-3-2-12(9-14(13)18-10)15(19)8-11-4-6-16-7-5-11/h2-3,9,11,16H,4-8H2,1H3,(H,17,18). The van der Waals surface area contributed by atoms with Gasteiger partial charge in [0.25, 0.3) is 0 Å². The van der Waals surface area contributed by atoms with Crippen molar-refractivity contribution in [2.75, 3.05) is 13.1 Å². The number of ketones is 1. The Labute approximate surface area is 112 Å². The number of fused-ring (bicyclic) bond motifs is 1. The third-order valence-corrected chi connectivity index (χ3v) is 3.86. The van der Waals surface area contributed by atoms with Gasteiger partial charge in [-0.2, -0.15) is 0 Å². The Morgan fingerprint density at radius 2 is 2.16 bits per heavy atom. The molecule has 0 unspecified atom stereocenters. The van der Waals surface area contributed by atoms with Crippen LogP contribution in [0, 0.1) is 12.8 Å². The van der Waals surface area contributed by atoms with Crippen molar-refractivity contribution in [3.63, 3.8) is 0 Å². The van der Waals surface area contributed by atoms with Gasteiger partial charge in [-0.1, -0.05) is 0 Å². The fourth-order valence-electron chi connectivity index (χ4n) is 2.78. The van der Waals surface area contributed by atoms with E-state index in [2.05, 4.69) is 15.3 Å². The summed E-state index contributed by atoms with van der Waals surface area (Å²) in [6, 6.07) is 5.75. The Bertz CT molecular complexity index is 596. The molecule has 0 saturated carbocycles. The Hall–Kier alpha value is -1.68. The van der Waals surface area contributed by atoms with Crippen LogP contribution in [0.5, 0.6) is 0 Å². The van der Waals surface area contributed by atoms with Crippen molar-refractivity contribution in [3.05, 3.63) is 29.6 Å². The van der Waals surface area contributed by atoms with Gasteiger partial charge in [0, 0.05) is 12.0 Å². The van der Waals surface area contributed by atoms with Crippen LogP contribution in [0.25, 0.3) is 11.0 Å². The van der Waals surface area contributed by atoms with Crippen LogP contribution < -0.4 is 5.32 Å². The summed E-state index contributed by atoms with van der Waals surface area (Å²) >= 11 is 0. The van der Waals surface area contributed by atoms with E-state index in [0.29, 0.717) is 12.3 Å². The van der Waals surface area contributed by atoms with E-state index in [1.807, 2.05) is 25.1 Å². The molecule has 1 aromatic carbocycles. The first-order chi connectivity index (χ1) is 9.22. The van der Waals surface area contributed by atoms with Crippen molar-refractivity contribution in [2.45, 2.75) is 26.2 Å². The van der Waals surface area contributed by atoms with Crippen LogP contribution in [-0.4, -0.2) is 28.8 Å².